The van der Waals surface area contributed by atoms with E-state index in [1.54, 1.807) is 18.4 Å². The third kappa shape index (κ3) is 5.25. The van der Waals surface area contributed by atoms with Gasteiger partial charge in [-0.1, -0.05) is 104 Å². The van der Waals surface area contributed by atoms with Gasteiger partial charge in [-0.3, -0.25) is 0 Å². The Bertz CT molecular complexity index is 921. The van der Waals surface area contributed by atoms with Crippen molar-refractivity contribution >= 4 is 0 Å². The first-order chi connectivity index (χ1) is 16.2. The van der Waals surface area contributed by atoms with Crippen molar-refractivity contribution in [2.24, 2.45) is 0 Å². The van der Waals surface area contributed by atoms with E-state index in [0.29, 0.717) is 13.2 Å². The van der Waals surface area contributed by atoms with E-state index in [1.165, 1.54) is 0 Å². The van der Waals surface area contributed by atoms with Crippen molar-refractivity contribution in [2.45, 2.75) is 31.0 Å². The topological polar surface area (TPSA) is 36.9 Å². The molecule has 4 rings (SSSR count). The van der Waals surface area contributed by atoms with Gasteiger partial charge in [0.25, 0.3) is 0 Å². The Morgan fingerprint density at radius 1 is 0.879 bits per heavy atom. The molecule has 1 saturated heterocycles. The van der Waals surface area contributed by atoms with Crippen LogP contribution in [-0.2, 0) is 24.5 Å². The number of rotatable bonds is 9. The lowest BCUT2D eigenvalue weighted by atomic mass is 9.80. The Hall–Kier alpha value is -3.18. The molecule has 1 heterocycles. The minimum absolute atomic E-state index is 0.294. The van der Waals surface area contributed by atoms with Crippen LogP contribution in [0.1, 0.15) is 23.6 Å². The van der Waals surface area contributed by atoms with Crippen LogP contribution in [0.5, 0.6) is 0 Å². The second-order valence-electron chi connectivity index (χ2n) is 7.90. The number of ether oxygens (including phenoxy) is 4. The lowest BCUT2D eigenvalue weighted by molar-refractivity contribution is -0.259. The van der Waals surface area contributed by atoms with Gasteiger partial charge in [0, 0.05) is 0 Å². The maximum atomic E-state index is 6.91. The lowest BCUT2D eigenvalue weighted by Crippen LogP contribution is -2.48. The monoisotopic (exact) mass is 442 g/mol. The zero-order valence-corrected chi connectivity index (χ0v) is 18.9. The van der Waals surface area contributed by atoms with Gasteiger partial charge in [-0.25, -0.2) is 0 Å². The van der Waals surface area contributed by atoms with Crippen LogP contribution < -0.4 is 0 Å². The molecule has 3 aromatic carbocycles. The first-order valence-corrected chi connectivity index (χ1v) is 11.2. The van der Waals surface area contributed by atoms with Crippen molar-refractivity contribution in [1.29, 1.82) is 0 Å². The highest BCUT2D eigenvalue weighted by molar-refractivity contribution is 5.47. The Balaban J connectivity index is 1.73. The van der Waals surface area contributed by atoms with Crippen LogP contribution in [0.2, 0.25) is 0 Å². The second kappa shape index (κ2) is 11.1. The molecule has 3 atom stereocenters. The predicted molar refractivity (Wildman–Crippen MR) is 130 cm³/mol. The Morgan fingerprint density at radius 3 is 1.88 bits per heavy atom. The molecule has 33 heavy (non-hydrogen) atoms. The molecule has 0 aromatic heterocycles. The van der Waals surface area contributed by atoms with Crippen LogP contribution in [0, 0.1) is 0 Å². The van der Waals surface area contributed by atoms with E-state index in [9.17, 15) is 0 Å². The van der Waals surface area contributed by atoms with Crippen molar-refractivity contribution < 1.29 is 18.9 Å². The molecule has 1 fully saturated rings. The molecule has 0 spiro atoms. The molecule has 4 nitrogen and oxygen atoms in total. The lowest BCUT2D eigenvalue weighted by Gasteiger charge is -2.40. The Kier molecular flexibility index (Phi) is 7.74. The van der Waals surface area contributed by atoms with Gasteiger partial charge in [0.1, 0.15) is 17.8 Å². The molecular formula is C29H30O4. The Labute approximate surface area is 196 Å². The zero-order valence-electron chi connectivity index (χ0n) is 18.9. The summed E-state index contributed by atoms with van der Waals surface area (Å²) in [6, 6.07) is 30.9. The van der Waals surface area contributed by atoms with E-state index >= 15 is 0 Å². The van der Waals surface area contributed by atoms with Crippen molar-refractivity contribution in [2.75, 3.05) is 13.2 Å². The fourth-order valence-electron chi connectivity index (χ4n) is 4.16. The Morgan fingerprint density at radius 2 is 1.39 bits per heavy atom. The molecule has 3 aromatic rings. The molecule has 1 aliphatic rings. The van der Waals surface area contributed by atoms with E-state index in [2.05, 4.69) is 43.0 Å². The average Bonchev–Trinajstić information content (AvgIpc) is 2.88. The minimum atomic E-state index is -0.809. The molecule has 170 valence electrons. The summed E-state index contributed by atoms with van der Waals surface area (Å²) in [5, 5.41) is 0. The summed E-state index contributed by atoms with van der Waals surface area (Å²) in [6.07, 6.45) is 4.10. The minimum Gasteiger partial charge on any atom is -0.493 e. The highest BCUT2D eigenvalue weighted by Gasteiger charge is 2.40. The molecular weight excluding hydrogens is 412 g/mol. The van der Waals surface area contributed by atoms with E-state index in [4.69, 9.17) is 18.9 Å². The summed E-state index contributed by atoms with van der Waals surface area (Å²) in [7, 11) is 0. The maximum Gasteiger partial charge on any atom is 0.155 e. The van der Waals surface area contributed by atoms with Crippen molar-refractivity contribution in [1.82, 2.24) is 0 Å². The van der Waals surface area contributed by atoms with Crippen LogP contribution in [0.3, 0.4) is 0 Å². The van der Waals surface area contributed by atoms with Crippen LogP contribution in [0.15, 0.2) is 116 Å². The molecule has 1 aliphatic heterocycles. The van der Waals surface area contributed by atoms with Crippen LogP contribution in [0.25, 0.3) is 0 Å². The molecule has 1 unspecified atom stereocenters. The van der Waals surface area contributed by atoms with Gasteiger partial charge in [0.05, 0.1) is 19.5 Å². The van der Waals surface area contributed by atoms with Gasteiger partial charge in [-0.2, -0.15) is 0 Å². The molecule has 0 amide bonds. The van der Waals surface area contributed by atoms with Crippen LogP contribution in [0.4, 0.5) is 0 Å². The highest BCUT2D eigenvalue weighted by atomic mass is 16.7. The van der Waals surface area contributed by atoms with E-state index in [-0.39, 0.29) is 18.5 Å². The molecule has 0 bridgehead atoms. The predicted octanol–water partition coefficient (Wildman–Crippen LogP) is 5.84. The molecule has 0 aliphatic carbocycles. The number of benzene rings is 3. The second-order valence-corrected chi connectivity index (χ2v) is 7.90. The van der Waals surface area contributed by atoms with Crippen molar-refractivity contribution in [3.05, 3.63) is 133 Å². The smallest absolute Gasteiger partial charge is 0.155 e. The zero-order chi connectivity index (χ0) is 22.9. The van der Waals surface area contributed by atoms with Crippen LogP contribution in [-0.4, -0.2) is 31.7 Å². The maximum absolute atomic E-state index is 6.91. The van der Waals surface area contributed by atoms with Gasteiger partial charge in [-0.15, -0.1) is 0 Å². The third-order valence-electron chi connectivity index (χ3n) is 5.75. The summed E-state index contributed by atoms with van der Waals surface area (Å²) >= 11 is 0. The molecule has 0 radical (unpaired) electrons. The number of hydrogen-bond donors (Lipinski definition) is 0. The quantitative estimate of drug-likeness (QED) is 0.237. The normalized spacial score (nSPS) is 21.1. The fourth-order valence-corrected chi connectivity index (χ4v) is 4.16. The SMILES string of the molecule is C=C/C=C/O[C@@H]1COC(C)O[C@H]1COC(c1ccccc1)(c1ccccc1)c1ccccc1. The fraction of sp³-hybridized carbons (Fsp3) is 0.241. The van der Waals surface area contributed by atoms with Crippen LogP contribution >= 0.6 is 0 Å². The van der Waals surface area contributed by atoms with E-state index < -0.39 is 5.60 Å². The number of allylic oxidation sites excluding steroid dienone is 2. The van der Waals surface area contributed by atoms with Gasteiger partial charge >= 0.3 is 0 Å². The van der Waals surface area contributed by atoms with Gasteiger partial charge in [-0.05, 0) is 29.7 Å². The number of hydrogen-bond acceptors (Lipinski definition) is 4. The summed E-state index contributed by atoms with van der Waals surface area (Å²) in [4.78, 5) is 0. The van der Waals surface area contributed by atoms with E-state index in [1.807, 2.05) is 61.5 Å². The molecule has 0 saturated carbocycles. The third-order valence-corrected chi connectivity index (χ3v) is 5.75. The van der Waals surface area contributed by atoms with E-state index in [0.717, 1.165) is 16.7 Å². The van der Waals surface area contributed by atoms with Gasteiger partial charge in [0.2, 0.25) is 0 Å². The average molecular weight is 443 g/mol. The highest BCUT2D eigenvalue weighted by Crippen LogP contribution is 2.41. The summed E-state index contributed by atoms with van der Waals surface area (Å²) in [5.41, 5.74) is 2.33. The molecule has 0 N–H and O–H groups in total. The largest absolute Gasteiger partial charge is 0.493 e. The van der Waals surface area contributed by atoms with Gasteiger partial charge in [0.15, 0.2) is 6.29 Å². The summed E-state index contributed by atoms with van der Waals surface area (Å²) in [5.74, 6) is 0. The summed E-state index contributed by atoms with van der Waals surface area (Å²) in [6.45, 7) is 6.32. The summed E-state index contributed by atoms with van der Waals surface area (Å²) < 4.78 is 24.6. The first kappa shape index (κ1) is 23.0. The van der Waals surface area contributed by atoms with Crippen molar-refractivity contribution in [3.8, 4) is 0 Å². The molecule has 4 heteroatoms. The first-order valence-electron chi connectivity index (χ1n) is 11.2. The van der Waals surface area contributed by atoms with Gasteiger partial charge < -0.3 is 18.9 Å². The van der Waals surface area contributed by atoms with Crippen molar-refractivity contribution in [3.63, 3.8) is 0 Å². The standard InChI is InChI=1S/C29H30O4/c1-3-4-20-30-27-21-31-23(2)33-28(27)22-32-29(24-14-8-5-9-15-24,25-16-10-6-11-17-25)26-18-12-7-13-19-26/h3-20,23,27-28H,1,21-22H2,2H3/b20-4+/t23?,27-,28+/m1/s1.